The number of likely N-dealkylation sites (tertiary alicyclic amines) is 1. The van der Waals surface area contributed by atoms with Gasteiger partial charge in [0.05, 0.1) is 6.61 Å². The molecule has 5 N–H and O–H groups in total. The van der Waals surface area contributed by atoms with Gasteiger partial charge in [-0.25, -0.2) is 0 Å². The van der Waals surface area contributed by atoms with Crippen molar-refractivity contribution in [1.29, 1.82) is 5.41 Å². The van der Waals surface area contributed by atoms with Crippen LogP contribution in [0.2, 0.25) is 0 Å². The molecule has 2 heterocycles. The molecule has 2 aliphatic heterocycles. The Hall–Kier alpha value is -3.04. The highest BCUT2D eigenvalue weighted by atomic mass is 32.2. The average Bonchev–Trinajstić information content (AvgIpc) is 3.27. The first-order chi connectivity index (χ1) is 17.0. The van der Waals surface area contributed by atoms with Gasteiger partial charge in [-0.2, -0.15) is 0 Å². The third-order valence-corrected chi connectivity index (χ3v) is 7.58. The summed E-state index contributed by atoms with van der Waals surface area (Å²) in [6.45, 7) is 3.72. The van der Waals surface area contributed by atoms with Crippen LogP contribution >= 0.6 is 11.8 Å². The Kier molecular flexibility index (Phi) is 8.65. The molecule has 2 unspecified atom stereocenters. The Morgan fingerprint density at radius 3 is 2.94 bits per heavy atom. The van der Waals surface area contributed by atoms with Crippen molar-refractivity contribution >= 4 is 41.2 Å². The Morgan fingerprint density at radius 1 is 1.26 bits per heavy atom. The number of nitrogens with zero attached hydrogens (tertiary/aromatic N) is 1. The van der Waals surface area contributed by atoms with E-state index in [0.29, 0.717) is 36.2 Å². The number of nitrogens with two attached hydrogens (primary N) is 1. The fraction of sp³-hybridized carbons (Fsp3) is 0.423. The van der Waals surface area contributed by atoms with Crippen LogP contribution in [0.1, 0.15) is 40.7 Å². The molecule has 4 rings (SSSR count). The molecule has 186 valence electrons. The zero-order valence-corrected chi connectivity index (χ0v) is 20.6. The van der Waals surface area contributed by atoms with E-state index in [4.69, 9.17) is 15.9 Å². The molecule has 2 saturated heterocycles. The number of hydrogen-bond donors (Lipinski definition) is 4. The number of ether oxygens (including phenoxy) is 1. The number of amides is 1. The van der Waals surface area contributed by atoms with E-state index in [-0.39, 0.29) is 17.1 Å². The second-order valence-corrected chi connectivity index (χ2v) is 10.3. The summed E-state index contributed by atoms with van der Waals surface area (Å²) in [5.41, 5.74) is 9.98. The number of piperidine rings is 1. The lowest BCUT2D eigenvalue weighted by Gasteiger charge is -2.34. The number of anilines is 2. The smallest absolute Gasteiger partial charge is 0.319 e. The van der Waals surface area contributed by atoms with Gasteiger partial charge in [0.1, 0.15) is 5.25 Å². The Bertz CT molecular complexity index is 1060. The minimum Gasteiger partial charge on any atom is -0.465 e. The highest BCUT2D eigenvalue weighted by Gasteiger charge is 2.26. The number of nitrogen functional groups attached to an aromatic ring is 1. The van der Waals surface area contributed by atoms with Gasteiger partial charge < -0.3 is 26.5 Å². The number of esters is 1. The van der Waals surface area contributed by atoms with Crippen molar-refractivity contribution in [1.82, 2.24) is 10.2 Å². The van der Waals surface area contributed by atoms with E-state index in [1.165, 1.54) is 18.0 Å². The van der Waals surface area contributed by atoms with Crippen LogP contribution in [0.5, 0.6) is 0 Å². The van der Waals surface area contributed by atoms with Crippen LogP contribution in [-0.4, -0.2) is 66.3 Å². The number of benzene rings is 2. The van der Waals surface area contributed by atoms with Gasteiger partial charge in [-0.15, -0.1) is 11.8 Å². The number of thioether (sulfide) groups is 1. The van der Waals surface area contributed by atoms with E-state index >= 15 is 0 Å². The largest absolute Gasteiger partial charge is 0.465 e. The minimum atomic E-state index is -0.145. The topological polar surface area (TPSA) is 121 Å². The zero-order valence-electron chi connectivity index (χ0n) is 19.8. The summed E-state index contributed by atoms with van der Waals surface area (Å²) < 4.78 is 4.97. The molecule has 2 aromatic rings. The molecule has 2 aliphatic rings. The van der Waals surface area contributed by atoms with E-state index in [9.17, 15) is 9.59 Å². The quantitative estimate of drug-likeness (QED) is 0.173. The molecule has 0 saturated carbocycles. The molecule has 35 heavy (non-hydrogen) atoms. The number of cyclic esters (lactones) is 1. The van der Waals surface area contributed by atoms with Crippen LogP contribution in [0.15, 0.2) is 42.5 Å². The first-order valence-electron chi connectivity index (χ1n) is 12.1. The molecular weight excluding hydrogens is 462 g/mol. The van der Waals surface area contributed by atoms with Crippen LogP contribution in [0.4, 0.5) is 11.4 Å². The third kappa shape index (κ3) is 6.99. The zero-order chi connectivity index (χ0) is 24.6. The van der Waals surface area contributed by atoms with Gasteiger partial charge in [-0.05, 0) is 55.3 Å². The summed E-state index contributed by atoms with van der Waals surface area (Å²) in [7, 11) is 0. The summed E-state index contributed by atoms with van der Waals surface area (Å²) in [6.07, 6.45) is 4.20. The minimum absolute atomic E-state index is 0.0926. The SMILES string of the molecule is N=Cc1cc(NC2CCCN(Cc3cccc(C(=O)NCCSC4CCOC4=O)c3)C2)ccc1N. The second kappa shape index (κ2) is 12.1. The van der Waals surface area contributed by atoms with E-state index in [1.54, 1.807) is 0 Å². The number of rotatable bonds is 10. The number of nitrogens with one attached hydrogen (secondary N) is 3. The van der Waals surface area contributed by atoms with E-state index in [0.717, 1.165) is 55.7 Å². The first kappa shape index (κ1) is 25.1. The van der Waals surface area contributed by atoms with E-state index in [1.807, 2.05) is 36.4 Å². The van der Waals surface area contributed by atoms with Crippen molar-refractivity contribution in [2.24, 2.45) is 0 Å². The third-order valence-electron chi connectivity index (χ3n) is 6.31. The van der Waals surface area contributed by atoms with E-state index in [2.05, 4.69) is 21.6 Å². The Morgan fingerprint density at radius 2 is 2.14 bits per heavy atom. The molecular formula is C26H33N5O3S. The lowest BCUT2D eigenvalue weighted by molar-refractivity contribution is -0.137. The van der Waals surface area contributed by atoms with Gasteiger partial charge in [0, 0.05) is 66.6 Å². The summed E-state index contributed by atoms with van der Waals surface area (Å²) in [5.74, 6) is 0.446. The lowest BCUT2D eigenvalue weighted by Crippen LogP contribution is -2.41. The number of carbonyl (C=O) groups excluding carboxylic acids is 2. The van der Waals surface area contributed by atoms with Gasteiger partial charge >= 0.3 is 5.97 Å². The molecule has 9 heteroatoms. The summed E-state index contributed by atoms with van der Waals surface area (Å²) in [5, 5.41) is 13.9. The maximum absolute atomic E-state index is 12.6. The molecule has 2 fully saturated rings. The first-order valence-corrected chi connectivity index (χ1v) is 13.1. The molecule has 2 atom stereocenters. The predicted octanol–water partition coefficient (Wildman–Crippen LogP) is 3.12. The van der Waals surface area contributed by atoms with E-state index < -0.39 is 0 Å². The maximum atomic E-state index is 12.6. The van der Waals surface area contributed by atoms with Gasteiger partial charge in [-0.3, -0.25) is 14.5 Å². The standard InChI is InChI=1S/C26H33N5O3S/c27-15-20-14-21(6-7-23(20)28)30-22-5-2-10-31(17-22)16-18-3-1-4-19(13-18)25(32)29-9-12-35-24-8-11-34-26(24)33/h1,3-4,6-7,13-15,22,24,27,30H,2,5,8-12,16-17,28H2,(H,29,32). The molecule has 8 nitrogen and oxygen atoms in total. The van der Waals surface area contributed by atoms with Crippen LogP contribution in [0.3, 0.4) is 0 Å². The molecule has 0 aromatic heterocycles. The van der Waals surface area contributed by atoms with Crippen LogP contribution in [0.25, 0.3) is 0 Å². The van der Waals surface area contributed by atoms with Crippen molar-refractivity contribution in [3.05, 3.63) is 59.2 Å². The fourth-order valence-electron chi connectivity index (χ4n) is 4.51. The Balaban J connectivity index is 1.26. The van der Waals surface area contributed by atoms with Crippen LogP contribution < -0.4 is 16.4 Å². The highest BCUT2D eigenvalue weighted by Crippen LogP contribution is 2.22. The van der Waals surface area contributed by atoms with Crippen molar-refractivity contribution in [2.45, 2.75) is 37.1 Å². The number of carbonyl (C=O) groups is 2. The molecule has 0 spiro atoms. The van der Waals surface area contributed by atoms with Crippen LogP contribution in [0, 0.1) is 5.41 Å². The van der Waals surface area contributed by atoms with Gasteiger partial charge in [0.15, 0.2) is 0 Å². The monoisotopic (exact) mass is 495 g/mol. The normalized spacial score (nSPS) is 20.3. The van der Waals surface area contributed by atoms with Crippen molar-refractivity contribution in [3.63, 3.8) is 0 Å². The Labute approximate surface area is 210 Å². The lowest BCUT2D eigenvalue weighted by atomic mass is 10.0. The van der Waals surface area contributed by atoms with Crippen molar-refractivity contribution in [2.75, 3.05) is 43.0 Å². The molecule has 2 aromatic carbocycles. The van der Waals surface area contributed by atoms with Crippen LogP contribution in [-0.2, 0) is 16.1 Å². The predicted molar refractivity (Wildman–Crippen MR) is 141 cm³/mol. The molecule has 0 bridgehead atoms. The number of hydrogen-bond acceptors (Lipinski definition) is 8. The average molecular weight is 496 g/mol. The maximum Gasteiger partial charge on any atom is 0.319 e. The second-order valence-electron chi connectivity index (χ2n) is 8.98. The van der Waals surface area contributed by atoms with Gasteiger partial charge in [0.2, 0.25) is 0 Å². The fourth-order valence-corrected chi connectivity index (χ4v) is 5.48. The summed E-state index contributed by atoms with van der Waals surface area (Å²) in [4.78, 5) is 26.6. The molecule has 0 radical (unpaired) electrons. The van der Waals surface area contributed by atoms with Gasteiger partial charge in [0.25, 0.3) is 5.91 Å². The van der Waals surface area contributed by atoms with Gasteiger partial charge in [-0.1, -0.05) is 12.1 Å². The van der Waals surface area contributed by atoms with Crippen molar-refractivity contribution in [3.8, 4) is 0 Å². The summed E-state index contributed by atoms with van der Waals surface area (Å²) in [6, 6.07) is 13.8. The molecule has 0 aliphatic carbocycles. The summed E-state index contributed by atoms with van der Waals surface area (Å²) >= 11 is 1.54. The highest BCUT2D eigenvalue weighted by molar-refractivity contribution is 8.00. The molecule has 1 amide bonds. The van der Waals surface area contributed by atoms with Crippen molar-refractivity contribution < 1.29 is 14.3 Å².